The van der Waals surface area contributed by atoms with E-state index < -0.39 is 10.0 Å². The highest BCUT2D eigenvalue weighted by atomic mass is 35.5. The van der Waals surface area contributed by atoms with Gasteiger partial charge in [-0.1, -0.05) is 65.1 Å². The minimum Gasteiger partial charge on any atom is -0.353 e. The molecule has 1 unspecified atom stereocenters. The molecule has 1 saturated carbocycles. The van der Waals surface area contributed by atoms with E-state index in [-0.39, 0.29) is 38.5 Å². The lowest BCUT2D eigenvalue weighted by molar-refractivity contribution is -0.122. The van der Waals surface area contributed by atoms with Crippen molar-refractivity contribution in [3.05, 3.63) is 63.1 Å². The predicted molar refractivity (Wildman–Crippen MR) is 152 cm³/mol. The van der Waals surface area contributed by atoms with Gasteiger partial charge in [0.15, 0.2) is 0 Å². The molecule has 2 aromatic rings. The van der Waals surface area contributed by atoms with Crippen molar-refractivity contribution in [2.75, 3.05) is 27.7 Å². The Morgan fingerprint density at radius 1 is 0.973 bits per heavy atom. The lowest BCUT2D eigenvalue weighted by Crippen LogP contribution is -2.39. The van der Waals surface area contributed by atoms with Crippen LogP contribution < -0.4 is 5.32 Å². The molecule has 3 rings (SSSR count). The Bertz CT molecular complexity index is 1130. The predicted octanol–water partition coefficient (Wildman–Crippen LogP) is 6.42. The Kier molecular flexibility index (Phi) is 11.1. The van der Waals surface area contributed by atoms with Crippen LogP contribution in [0.15, 0.2) is 47.4 Å². The number of rotatable bonds is 11. The lowest BCUT2D eigenvalue weighted by Gasteiger charge is -2.37. The van der Waals surface area contributed by atoms with Gasteiger partial charge in [0.05, 0.1) is 10.0 Å². The van der Waals surface area contributed by atoms with E-state index in [0.29, 0.717) is 31.2 Å². The van der Waals surface area contributed by atoms with Gasteiger partial charge in [-0.3, -0.25) is 4.79 Å². The molecule has 0 radical (unpaired) electrons. The van der Waals surface area contributed by atoms with Gasteiger partial charge in [-0.15, -0.1) is 0 Å². The standard InChI is InChI=1S/C27H36Cl3N3O3S/c1-32(2)26(19-9-5-4-6-10-19)20-12-14-22(15-13-20)31-25(34)11-7-8-16-33(3)37(35,36)27-23(29)17-21(28)18-24(27)30/h4-6,9-10,17-18,20,22,26H,7-8,11-16H2,1-3H3,(H,31,34). The first-order valence-electron chi connectivity index (χ1n) is 12.6. The average Bonchev–Trinajstić information content (AvgIpc) is 2.82. The van der Waals surface area contributed by atoms with Crippen LogP contribution in [0.4, 0.5) is 0 Å². The molecule has 2 aromatic carbocycles. The van der Waals surface area contributed by atoms with Crippen LogP contribution in [-0.4, -0.2) is 57.3 Å². The van der Waals surface area contributed by atoms with E-state index in [9.17, 15) is 13.2 Å². The molecule has 0 aromatic heterocycles. The topological polar surface area (TPSA) is 69.7 Å². The van der Waals surface area contributed by atoms with Crippen molar-refractivity contribution in [2.45, 2.75) is 61.9 Å². The molecular weight excluding hydrogens is 553 g/mol. The Morgan fingerprint density at radius 3 is 2.14 bits per heavy atom. The maximum Gasteiger partial charge on any atom is 0.245 e. The molecule has 204 valence electrons. The first-order valence-corrected chi connectivity index (χ1v) is 15.2. The molecule has 1 fully saturated rings. The second-order valence-electron chi connectivity index (χ2n) is 9.98. The summed E-state index contributed by atoms with van der Waals surface area (Å²) in [5, 5.41) is 3.42. The number of amides is 1. The van der Waals surface area contributed by atoms with Crippen LogP contribution in [-0.2, 0) is 14.8 Å². The SMILES string of the molecule is CN(C)C(c1ccccc1)C1CCC(NC(=O)CCCCN(C)S(=O)(=O)c2c(Cl)cc(Cl)cc2Cl)CC1. The fourth-order valence-corrected chi connectivity index (χ4v) is 7.89. The Hall–Kier alpha value is -1.35. The number of hydrogen-bond acceptors (Lipinski definition) is 4. The smallest absolute Gasteiger partial charge is 0.245 e. The molecule has 0 spiro atoms. The third-order valence-electron chi connectivity index (χ3n) is 7.04. The molecular formula is C27H36Cl3N3O3S. The Balaban J connectivity index is 1.42. The Labute approximate surface area is 236 Å². The lowest BCUT2D eigenvalue weighted by atomic mass is 9.78. The highest BCUT2D eigenvalue weighted by Crippen LogP contribution is 2.37. The zero-order valence-corrected chi connectivity index (χ0v) is 24.7. The van der Waals surface area contributed by atoms with Crippen LogP contribution in [0.25, 0.3) is 0 Å². The van der Waals surface area contributed by atoms with Crippen LogP contribution >= 0.6 is 34.8 Å². The van der Waals surface area contributed by atoms with Crippen LogP contribution in [0, 0.1) is 5.92 Å². The van der Waals surface area contributed by atoms with Gasteiger partial charge in [-0.25, -0.2) is 12.7 Å². The molecule has 1 amide bonds. The summed E-state index contributed by atoms with van der Waals surface area (Å²) in [4.78, 5) is 14.7. The van der Waals surface area contributed by atoms with Gasteiger partial charge in [0.1, 0.15) is 4.90 Å². The summed E-state index contributed by atoms with van der Waals surface area (Å²) in [6.45, 7) is 0.251. The third kappa shape index (κ3) is 8.07. The number of carbonyl (C=O) groups is 1. The summed E-state index contributed by atoms with van der Waals surface area (Å²) >= 11 is 18.1. The molecule has 0 aliphatic heterocycles. The molecule has 1 atom stereocenters. The van der Waals surface area contributed by atoms with E-state index in [1.165, 1.54) is 29.0 Å². The molecule has 10 heteroatoms. The van der Waals surface area contributed by atoms with Gasteiger partial charge in [0.25, 0.3) is 0 Å². The maximum absolute atomic E-state index is 12.9. The highest BCUT2D eigenvalue weighted by molar-refractivity contribution is 7.89. The van der Waals surface area contributed by atoms with Gasteiger partial charge in [0, 0.05) is 37.1 Å². The van der Waals surface area contributed by atoms with Crippen LogP contribution in [0.1, 0.15) is 56.6 Å². The summed E-state index contributed by atoms with van der Waals surface area (Å²) < 4.78 is 27.0. The van der Waals surface area contributed by atoms with Crippen molar-refractivity contribution >= 4 is 50.7 Å². The molecule has 1 aliphatic rings. The van der Waals surface area contributed by atoms with Gasteiger partial charge >= 0.3 is 0 Å². The summed E-state index contributed by atoms with van der Waals surface area (Å²) in [5.41, 5.74) is 1.34. The number of nitrogens with one attached hydrogen (secondary N) is 1. The van der Waals surface area contributed by atoms with Gasteiger partial charge in [0.2, 0.25) is 15.9 Å². The molecule has 1 aliphatic carbocycles. The molecule has 1 N–H and O–H groups in total. The van der Waals surface area contributed by atoms with Gasteiger partial charge in [-0.2, -0.15) is 0 Å². The van der Waals surface area contributed by atoms with E-state index in [2.05, 4.69) is 48.6 Å². The minimum absolute atomic E-state index is 0.0147. The first-order chi connectivity index (χ1) is 17.5. The van der Waals surface area contributed by atoms with Crippen LogP contribution in [0.3, 0.4) is 0 Å². The van der Waals surface area contributed by atoms with Crippen LogP contribution in [0.2, 0.25) is 15.1 Å². The monoisotopic (exact) mass is 587 g/mol. The largest absolute Gasteiger partial charge is 0.353 e. The molecule has 0 bridgehead atoms. The molecule has 0 heterocycles. The van der Waals surface area contributed by atoms with Crippen LogP contribution in [0.5, 0.6) is 0 Å². The Morgan fingerprint density at radius 2 is 1.57 bits per heavy atom. The van der Waals surface area contributed by atoms with E-state index in [0.717, 1.165) is 25.7 Å². The van der Waals surface area contributed by atoms with Gasteiger partial charge < -0.3 is 10.2 Å². The zero-order chi connectivity index (χ0) is 27.2. The maximum atomic E-state index is 12.9. The summed E-state index contributed by atoms with van der Waals surface area (Å²) in [7, 11) is 1.87. The third-order valence-corrected chi connectivity index (χ3v) is 10.0. The summed E-state index contributed by atoms with van der Waals surface area (Å²) in [6, 6.07) is 13.9. The van der Waals surface area contributed by atoms with Crippen molar-refractivity contribution in [3.63, 3.8) is 0 Å². The number of nitrogens with zero attached hydrogens (tertiary/aromatic N) is 2. The average molecular weight is 589 g/mol. The molecule has 0 saturated heterocycles. The number of carbonyl (C=O) groups excluding carboxylic acids is 1. The zero-order valence-electron chi connectivity index (χ0n) is 21.6. The van der Waals surface area contributed by atoms with E-state index >= 15 is 0 Å². The normalized spacial score (nSPS) is 19.2. The van der Waals surface area contributed by atoms with Crippen molar-refractivity contribution in [1.29, 1.82) is 0 Å². The van der Waals surface area contributed by atoms with E-state index in [4.69, 9.17) is 34.8 Å². The van der Waals surface area contributed by atoms with Crippen molar-refractivity contribution in [3.8, 4) is 0 Å². The summed E-state index contributed by atoms with van der Waals surface area (Å²) in [6.07, 6.45) is 5.57. The van der Waals surface area contributed by atoms with Crippen molar-refractivity contribution < 1.29 is 13.2 Å². The number of sulfonamides is 1. The minimum atomic E-state index is -3.87. The molecule has 37 heavy (non-hydrogen) atoms. The van der Waals surface area contributed by atoms with Crippen molar-refractivity contribution in [2.24, 2.45) is 5.92 Å². The summed E-state index contributed by atoms with van der Waals surface area (Å²) in [5.74, 6) is 0.579. The quantitative estimate of drug-likeness (QED) is 0.308. The second kappa shape index (κ2) is 13.6. The second-order valence-corrected chi connectivity index (χ2v) is 13.2. The van der Waals surface area contributed by atoms with Crippen molar-refractivity contribution in [1.82, 2.24) is 14.5 Å². The molecule has 6 nitrogen and oxygen atoms in total. The van der Waals surface area contributed by atoms with E-state index in [1.54, 1.807) is 0 Å². The fraction of sp³-hybridized carbons (Fsp3) is 0.519. The number of benzene rings is 2. The van der Waals surface area contributed by atoms with Gasteiger partial charge in [-0.05, 0) is 76.2 Å². The fourth-order valence-electron chi connectivity index (χ4n) is 5.19. The number of halogens is 3. The first kappa shape index (κ1) is 30.2. The highest BCUT2D eigenvalue weighted by Gasteiger charge is 2.30. The van der Waals surface area contributed by atoms with E-state index in [1.807, 2.05) is 6.07 Å². The number of unbranched alkanes of at least 4 members (excludes halogenated alkanes) is 1. The number of hydrogen-bond donors (Lipinski definition) is 1.